The van der Waals surface area contributed by atoms with Crippen LogP contribution in [0.3, 0.4) is 0 Å². The van der Waals surface area contributed by atoms with Gasteiger partial charge >= 0.3 is 0 Å². The molecular weight excluding hydrogens is 210 g/mol. The fourth-order valence-corrected chi connectivity index (χ4v) is 2.50. The van der Waals surface area contributed by atoms with E-state index in [4.69, 9.17) is 0 Å². The molecule has 3 heteroatoms. The van der Waals surface area contributed by atoms with Crippen LogP contribution >= 0.6 is 0 Å². The van der Waals surface area contributed by atoms with E-state index in [1.807, 2.05) is 6.92 Å². The Balaban J connectivity index is 2.12. The van der Waals surface area contributed by atoms with E-state index in [0.29, 0.717) is 12.0 Å². The van der Waals surface area contributed by atoms with Crippen molar-refractivity contribution in [3.8, 4) is 0 Å². The second-order valence-electron chi connectivity index (χ2n) is 4.68. The number of aliphatic hydroxyl groups is 1. The van der Waals surface area contributed by atoms with E-state index >= 15 is 0 Å². The van der Waals surface area contributed by atoms with Gasteiger partial charge in [0.05, 0.1) is 6.10 Å². The first-order valence-corrected chi connectivity index (χ1v) is 5.70. The van der Waals surface area contributed by atoms with Crippen LogP contribution in [0.25, 0.3) is 0 Å². The smallest absolute Gasteiger partial charge is 0.162 e. The lowest BCUT2D eigenvalue weighted by Crippen LogP contribution is -2.17. The van der Waals surface area contributed by atoms with Crippen LogP contribution in [0.2, 0.25) is 0 Å². The van der Waals surface area contributed by atoms with Gasteiger partial charge < -0.3 is 5.11 Å². The van der Waals surface area contributed by atoms with Gasteiger partial charge in [-0.3, -0.25) is 0 Å². The predicted molar refractivity (Wildman–Crippen MR) is 58.0 cm³/mol. The van der Waals surface area contributed by atoms with Crippen LogP contribution in [0.15, 0.2) is 18.2 Å². The topological polar surface area (TPSA) is 20.2 Å². The molecule has 3 atom stereocenters. The quantitative estimate of drug-likeness (QED) is 0.822. The minimum Gasteiger partial charge on any atom is -0.393 e. The molecule has 0 heterocycles. The summed E-state index contributed by atoms with van der Waals surface area (Å²) in [5, 5.41) is 9.60. The zero-order valence-electron chi connectivity index (χ0n) is 9.29. The summed E-state index contributed by atoms with van der Waals surface area (Å²) in [6, 6.07) is 4.28. The Bertz CT molecular complexity index is 378. The van der Waals surface area contributed by atoms with Crippen molar-refractivity contribution < 1.29 is 13.9 Å². The molecule has 1 aromatic rings. The van der Waals surface area contributed by atoms with Gasteiger partial charge in [-0.05, 0) is 42.7 Å². The Morgan fingerprint density at radius 2 is 2.06 bits per heavy atom. The third kappa shape index (κ3) is 2.09. The average molecular weight is 226 g/mol. The van der Waals surface area contributed by atoms with Crippen LogP contribution in [0, 0.1) is 23.5 Å². The van der Waals surface area contributed by atoms with Gasteiger partial charge in [-0.2, -0.15) is 0 Å². The number of hydrogen-bond acceptors (Lipinski definition) is 1. The average Bonchev–Trinajstić information content (AvgIpc) is 2.57. The minimum absolute atomic E-state index is 0.169. The Kier molecular flexibility index (Phi) is 3.24. The largest absolute Gasteiger partial charge is 0.393 e. The van der Waals surface area contributed by atoms with Crippen LogP contribution in [-0.4, -0.2) is 11.2 Å². The second kappa shape index (κ2) is 4.50. The molecule has 0 radical (unpaired) electrons. The molecule has 1 fully saturated rings. The van der Waals surface area contributed by atoms with E-state index in [1.165, 1.54) is 6.07 Å². The molecule has 88 valence electrons. The van der Waals surface area contributed by atoms with E-state index in [0.717, 1.165) is 18.9 Å². The summed E-state index contributed by atoms with van der Waals surface area (Å²) in [5.74, 6) is -1.10. The third-order valence-corrected chi connectivity index (χ3v) is 3.70. The molecule has 1 N–H and O–H groups in total. The maximum atomic E-state index is 13.4. The predicted octanol–water partition coefficient (Wildman–Crippen LogP) is 2.91. The summed E-state index contributed by atoms with van der Waals surface area (Å²) >= 11 is 0. The summed E-state index contributed by atoms with van der Waals surface area (Å²) in [7, 11) is 0. The summed E-state index contributed by atoms with van der Waals surface area (Å²) < 4.78 is 26.4. The Labute approximate surface area is 94.1 Å². The van der Waals surface area contributed by atoms with E-state index in [9.17, 15) is 13.9 Å². The maximum absolute atomic E-state index is 13.4. The van der Waals surface area contributed by atoms with Crippen LogP contribution in [0.1, 0.15) is 25.3 Å². The molecule has 0 spiro atoms. The van der Waals surface area contributed by atoms with E-state index in [1.54, 1.807) is 6.07 Å². The highest BCUT2D eigenvalue weighted by Gasteiger charge is 2.31. The SMILES string of the molecule is CC1C(O)CCC1Cc1cccc(F)c1F. The van der Waals surface area contributed by atoms with Crippen molar-refractivity contribution in [2.45, 2.75) is 32.3 Å². The van der Waals surface area contributed by atoms with E-state index < -0.39 is 11.6 Å². The third-order valence-electron chi connectivity index (χ3n) is 3.70. The minimum atomic E-state index is -0.788. The molecule has 0 aromatic heterocycles. The molecule has 1 nitrogen and oxygen atoms in total. The highest BCUT2D eigenvalue weighted by Crippen LogP contribution is 2.34. The number of benzene rings is 1. The number of rotatable bonds is 2. The van der Waals surface area contributed by atoms with Gasteiger partial charge in [0, 0.05) is 0 Å². The summed E-state index contributed by atoms with van der Waals surface area (Å²) in [5.41, 5.74) is 0.422. The Morgan fingerprint density at radius 1 is 1.31 bits per heavy atom. The number of hydrogen-bond donors (Lipinski definition) is 1. The molecule has 0 aliphatic heterocycles. The van der Waals surface area contributed by atoms with Crippen molar-refractivity contribution in [2.75, 3.05) is 0 Å². The van der Waals surface area contributed by atoms with Gasteiger partial charge in [0.1, 0.15) is 0 Å². The van der Waals surface area contributed by atoms with Gasteiger partial charge in [-0.25, -0.2) is 8.78 Å². The molecule has 2 rings (SSSR count). The monoisotopic (exact) mass is 226 g/mol. The number of halogens is 2. The summed E-state index contributed by atoms with van der Waals surface area (Å²) in [6.07, 6.45) is 1.88. The van der Waals surface area contributed by atoms with E-state index in [2.05, 4.69) is 0 Å². The lowest BCUT2D eigenvalue weighted by Gasteiger charge is -2.17. The normalized spacial score (nSPS) is 29.6. The maximum Gasteiger partial charge on any atom is 0.162 e. The van der Waals surface area contributed by atoms with Crippen molar-refractivity contribution in [3.05, 3.63) is 35.4 Å². The fraction of sp³-hybridized carbons (Fsp3) is 0.538. The molecule has 1 aromatic carbocycles. The highest BCUT2D eigenvalue weighted by molar-refractivity contribution is 5.19. The van der Waals surface area contributed by atoms with Gasteiger partial charge in [-0.1, -0.05) is 19.1 Å². The lowest BCUT2D eigenvalue weighted by atomic mass is 9.90. The van der Waals surface area contributed by atoms with Crippen LogP contribution in [0.5, 0.6) is 0 Å². The Morgan fingerprint density at radius 3 is 2.69 bits per heavy atom. The summed E-state index contributed by atoms with van der Waals surface area (Å²) in [6.45, 7) is 1.97. The molecule has 0 amide bonds. The van der Waals surface area contributed by atoms with Crippen molar-refractivity contribution >= 4 is 0 Å². The highest BCUT2D eigenvalue weighted by atomic mass is 19.2. The zero-order valence-corrected chi connectivity index (χ0v) is 9.29. The zero-order chi connectivity index (χ0) is 11.7. The first kappa shape index (κ1) is 11.5. The summed E-state index contributed by atoms with van der Waals surface area (Å²) in [4.78, 5) is 0. The second-order valence-corrected chi connectivity index (χ2v) is 4.68. The molecule has 0 saturated heterocycles. The molecule has 3 unspecified atom stereocenters. The van der Waals surface area contributed by atoms with Crippen LogP contribution in [-0.2, 0) is 6.42 Å². The van der Waals surface area contributed by atoms with Gasteiger partial charge in [0.15, 0.2) is 11.6 Å². The standard InChI is InChI=1S/C13H16F2O/c1-8-9(5-6-12(8)16)7-10-3-2-4-11(14)13(10)15/h2-4,8-9,12,16H,5-7H2,1H3. The van der Waals surface area contributed by atoms with Crippen molar-refractivity contribution in [1.29, 1.82) is 0 Å². The molecule has 0 bridgehead atoms. The van der Waals surface area contributed by atoms with E-state index in [-0.39, 0.29) is 17.9 Å². The first-order valence-electron chi connectivity index (χ1n) is 5.70. The van der Waals surface area contributed by atoms with Crippen LogP contribution < -0.4 is 0 Å². The Hall–Kier alpha value is -0.960. The fourth-order valence-electron chi connectivity index (χ4n) is 2.50. The molecular formula is C13H16F2O. The van der Waals surface area contributed by atoms with Crippen LogP contribution in [0.4, 0.5) is 8.78 Å². The van der Waals surface area contributed by atoms with Crippen molar-refractivity contribution in [1.82, 2.24) is 0 Å². The van der Waals surface area contributed by atoms with Crippen molar-refractivity contribution in [2.24, 2.45) is 11.8 Å². The van der Waals surface area contributed by atoms with Crippen molar-refractivity contribution in [3.63, 3.8) is 0 Å². The van der Waals surface area contributed by atoms with Gasteiger partial charge in [0.2, 0.25) is 0 Å². The molecule has 16 heavy (non-hydrogen) atoms. The molecule has 1 aliphatic carbocycles. The van der Waals surface area contributed by atoms with Gasteiger partial charge in [0.25, 0.3) is 0 Å². The van der Waals surface area contributed by atoms with Gasteiger partial charge in [-0.15, -0.1) is 0 Å². The molecule has 1 saturated carbocycles. The first-order chi connectivity index (χ1) is 7.59. The lowest BCUT2D eigenvalue weighted by molar-refractivity contribution is 0.127. The number of aliphatic hydroxyl groups excluding tert-OH is 1. The molecule has 1 aliphatic rings.